The Balaban J connectivity index is 1.97. The zero-order chi connectivity index (χ0) is 13.7. The number of methoxy groups -OCH3 is 1. The smallest absolute Gasteiger partial charge is 0.323 e. The first-order valence-electron chi connectivity index (χ1n) is 5.82. The van der Waals surface area contributed by atoms with Crippen molar-refractivity contribution >= 4 is 17.4 Å². The minimum Gasteiger partial charge on any atom is -0.481 e. The van der Waals surface area contributed by atoms with Gasteiger partial charge < -0.3 is 15.4 Å². The predicted molar refractivity (Wildman–Crippen MR) is 74.6 cm³/mol. The van der Waals surface area contributed by atoms with Gasteiger partial charge >= 0.3 is 6.03 Å². The summed E-state index contributed by atoms with van der Waals surface area (Å²) in [5.74, 6) is 0.504. The van der Waals surface area contributed by atoms with E-state index in [0.717, 1.165) is 11.3 Å². The first-order valence-corrected chi connectivity index (χ1v) is 5.82. The number of nitrogens with one attached hydrogen (secondary N) is 2. The fourth-order valence-corrected chi connectivity index (χ4v) is 1.59. The van der Waals surface area contributed by atoms with Crippen molar-refractivity contribution in [2.75, 3.05) is 17.7 Å². The third-order valence-corrected chi connectivity index (χ3v) is 2.48. The molecule has 0 bridgehead atoms. The van der Waals surface area contributed by atoms with Crippen LogP contribution >= 0.6 is 0 Å². The van der Waals surface area contributed by atoms with Gasteiger partial charge in [0.2, 0.25) is 5.88 Å². The van der Waals surface area contributed by atoms with Gasteiger partial charge in [0.1, 0.15) is 0 Å². The Hall–Kier alpha value is -2.56. The lowest BCUT2D eigenvalue weighted by Gasteiger charge is -2.08. The highest BCUT2D eigenvalue weighted by molar-refractivity contribution is 5.99. The van der Waals surface area contributed by atoms with Crippen molar-refractivity contribution in [2.24, 2.45) is 0 Å². The van der Waals surface area contributed by atoms with Gasteiger partial charge in [0.05, 0.1) is 19.0 Å². The standard InChI is InChI=1S/C14H15N3O2/c1-10-4-3-5-11(8-10)16-14(18)17-12-6-7-13(19-2)15-9-12/h3-9H,1-2H3,(H2,16,17,18). The van der Waals surface area contributed by atoms with Crippen molar-refractivity contribution in [1.82, 2.24) is 4.98 Å². The number of benzene rings is 1. The third kappa shape index (κ3) is 3.70. The SMILES string of the molecule is COc1ccc(NC(=O)Nc2cccc(C)c2)cn1. The number of carbonyl (C=O) groups is 1. The van der Waals surface area contributed by atoms with Crippen LogP contribution in [0.4, 0.5) is 16.2 Å². The molecule has 0 spiro atoms. The number of aryl methyl sites for hydroxylation is 1. The molecule has 2 aromatic rings. The van der Waals surface area contributed by atoms with Crippen LogP contribution in [0.5, 0.6) is 5.88 Å². The molecule has 5 heteroatoms. The highest BCUT2D eigenvalue weighted by Gasteiger charge is 2.03. The van der Waals surface area contributed by atoms with Crippen molar-refractivity contribution in [3.8, 4) is 5.88 Å². The molecule has 19 heavy (non-hydrogen) atoms. The molecule has 5 nitrogen and oxygen atoms in total. The van der Waals surface area contributed by atoms with Crippen molar-refractivity contribution in [2.45, 2.75) is 6.92 Å². The van der Waals surface area contributed by atoms with E-state index in [2.05, 4.69) is 15.6 Å². The molecule has 98 valence electrons. The molecule has 1 aromatic carbocycles. The van der Waals surface area contributed by atoms with Gasteiger partial charge in [-0.15, -0.1) is 0 Å². The lowest BCUT2D eigenvalue weighted by atomic mass is 10.2. The van der Waals surface area contributed by atoms with Crippen LogP contribution in [0.2, 0.25) is 0 Å². The zero-order valence-corrected chi connectivity index (χ0v) is 10.8. The van der Waals surface area contributed by atoms with E-state index in [1.807, 2.05) is 31.2 Å². The van der Waals surface area contributed by atoms with Crippen LogP contribution in [0, 0.1) is 6.92 Å². The number of aromatic nitrogens is 1. The second kappa shape index (κ2) is 5.86. The number of carbonyl (C=O) groups excluding carboxylic acids is 1. The predicted octanol–water partition coefficient (Wildman–Crippen LogP) is 3.04. The zero-order valence-electron chi connectivity index (χ0n) is 10.8. The molecular formula is C14H15N3O2. The fraction of sp³-hybridized carbons (Fsp3) is 0.143. The first kappa shape index (κ1) is 12.9. The summed E-state index contributed by atoms with van der Waals surface area (Å²) < 4.78 is 4.94. The van der Waals surface area contributed by atoms with E-state index in [4.69, 9.17) is 4.74 Å². The lowest BCUT2D eigenvalue weighted by Crippen LogP contribution is -2.19. The molecule has 1 aromatic heterocycles. The van der Waals surface area contributed by atoms with E-state index in [-0.39, 0.29) is 6.03 Å². The Bertz CT molecular complexity index is 567. The molecule has 2 rings (SSSR count). The summed E-state index contributed by atoms with van der Waals surface area (Å²) in [6.45, 7) is 1.97. The molecule has 0 aliphatic heterocycles. The van der Waals surface area contributed by atoms with Gasteiger partial charge in [0.25, 0.3) is 0 Å². The number of hydrogen-bond acceptors (Lipinski definition) is 3. The Kier molecular flexibility index (Phi) is 3.97. The number of rotatable bonds is 3. The molecule has 0 saturated carbocycles. The van der Waals surface area contributed by atoms with E-state index >= 15 is 0 Å². The van der Waals surface area contributed by atoms with Gasteiger partial charge in [-0.25, -0.2) is 9.78 Å². The highest BCUT2D eigenvalue weighted by Crippen LogP contribution is 2.13. The van der Waals surface area contributed by atoms with E-state index < -0.39 is 0 Å². The topological polar surface area (TPSA) is 63.2 Å². The molecule has 2 amide bonds. The molecule has 2 N–H and O–H groups in total. The van der Waals surface area contributed by atoms with Crippen LogP contribution in [-0.2, 0) is 0 Å². The summed E-state index contributed by atoms with van der Waals surface area (Å²) in [6.07, 6.45) is 1.54. The second-order valence-electron chi connectivity index (χ2n) is 4.04. The number of pyridine rings is 1. The Labute approximate surface area is 111 Å². The number of nitrogens with zero attached hydrogens (tertiary/aromatic N) is 1. The molecule has 0 fully saturated rings. The van der Waals surface area contributed by atoms with Gasteiger partial charge in [-0.1, -0.05) is 12.1 Å². The van der Waals surface area contributed by atoms with Crippen molar-refractivity contribution in [3.05, 3.63) is 48.2 Å². The summed E-state index contributed by atoms with van der Waals surface area (Å²) in [4.78, 5) is 15.8. The second-order valence-corrected chi connectivity index (χ2v) is 4.04. The lowest BCUT2D eigenvalue weighted by molar-refractivity contribution is 0.262. The Morgan fingerprint density at radius 1 is 1.16 bits per heavy atom. The summed E-state index contributed by atoms with van der Waals surface area (Å²) in [6, 6.07) is 10.7. The molecule has 0 aliphatic carbocycles. The summed E-state index contributed by atoms with van der Waals surface area (Å²) in [7, 11) is 1.54. The Morgan fingerprint density at radius 3 is 2.58 bits per heavy atom. The number of anilines is 2. The quantitative estimate of drug-likeness (QED) is 0.888. The molecule has 0 radical (unpaired) electrons. The summed E-state index contributed by atoms with van der Waals surface area (Å²) >= 11 is 0. The van der Waals surface area contributed by atoms with Crippen LogP contribution < -0.4 is 15.4 Å². The van der Waals surface area contributed by atoms with E-state index in [9.17, 15) is 4.79 Å². The molecular weight excluding hydrogens is 242 g/mol. The number of ether oxygens (including phenoxy) is 1. The highest BCUT2D eigenvalue weighted by atomic mass is 16.5. The van der Waals surface area contributed by atoms with Crippen molar-refractivity contribution in [3.63, 3.8) is 0 Å². The van der Waals surface area contributed by atoms with E-state index in [1.165, 1.54) is 6.20 Å². The van der Waals surface area contributed by atoms with Gasteiger partial charge in [-0.2, -0.15) is 0 Å². The largest absolute Gasteiger partial charge is 0.481 e. The number of urea groups is 1. The minimum atomic E-state index is -0.308. The normalized spacial score (nSPS) is 9.79. The number of hydrogen-bond donors (Lipinski definition) is 2. The first-order chi connectivity index (χ1) is 9.17. The van der Waals surface area contributed by atoms with Gasteiger partial charge in [0.15, 0.2) is 0 Å². The minimum absolute atomic E-state index is 0.308. The van der Waals surface area contributed by atoms with Gasteiger partial charge in [-0.05, 0) is 30.7 Å². The van der Waals surface area contributed by atoms with Crippen LogP contribution in [0.3, 0.4) is 0 Å². The van der Waals surface area contributed by atoms with E-state index in [1.54, 1.807) is 19.2 Å². The maximum absolute atomic E-state index is 11.8. The maximum atomic E-state index is 11.8. The van der Waals surface area contributed by atoms with Crippen LogP contribution in [-0.4, -0.2) is 18.1 Å². The van der Waals surface area contributed by atoms with E-state index in [0.29, 0.717) is 11.6 Å². The molecule has 0 unspecified atom stereocenters. The van der Waals surface area contributed by atoms with Gasteiger partial charge in [-0.3, -0.25) is 0 Å². The average molecular weight is 257 g/mol. The molecule has 0 atom stereocenters. The summed E-state index contributed by atoms with van der Waals surface area (Å²) in [5, 5.41) is 5.44. The average Bonchev–Trinajstić information content (AvgIpc) is 2.39. The summed E-state index contributed by atoms with van der Waals surface area (Å²) in [5.41, 5.74) is 2.44. The Morgan fingerprint density at radius 2 is 1.95 bits per heavy atom. The molecule has 0 aliphatic rings. The third-order valence-electron chi connectivity index (χ3n) is 2.48. The maximum Gasteiger partial charge on any atom is 0.323 e. The van der Waals surface area contributed by atoms with Crippen LogP contribution in [0.25, 0.3) is 0 Å². The fourth-order valence-electron chi connectivity index (χ4n) is 1.59. The molecule has 1 heterocycles. The van der Waals surface area contributed by atoms with Crippen LogP contribution in [0.15, 0.2) is 42.6 Å². The van der Waals surface area contributed by atoms with Gasteiger partial charge in [0, 0.05) is 11.8 Å². The molecule has 0 saturated heterocycles. The monoisotopic (exact) mass is 257 g/mol. The van der Waals surface area contributed by atoms with Crippen LogP contribution in [0.1, 0.15) is 5.56 Å². The van der Waals surface area contributed by atoms with Crippen molar-refractivity contribution < 1.29 is 9.53 Å². The van der Waals surface area contributed by atoms with Crippen molar-refractivity contribution in [1.29, 1.82) is 0 Å². The number of amides is 2.